The minimum absolute atomic E-state index is 0.184. The topological polar surface area (TPSA) is 160 Å². The highest BCUT2D eigenvalue weighted by Gasteiger charge is 2.48. The summed E-state index contributed by atoms with van der Waals surface area (Å²) in [6, 6.07) is 9.51. The smallest absolute Gasteiger partial charge is 0.398 e. The van der Waals surface area contributed by atoms with Crippen molar-refractivity contribution in [2.45, 2.75) is 42.4 Å². The first-order valence-electron chi connectivity index (χ1n) is 9.62. The van der Waals surface area contributed by atoms with Gasteiger partial charge in [-0.2, -0.15) is 21.6 Å². The molecule has 0 amide bonds. The van der Waals surface area contributed by atoms with Gasteiger partial charge in [0, 0.05) is 5.69 Å². The van der Waals surface area contributed by atoms with E-state index in [0.29, 0.717) is 22.4 Å². The van der Waals surface area contributed by atoms with Gasteiger partial charge in [0.15, 0.2) is 0 Å². The zero-order valence-corrected chi connectivity index (χ0v) is 17.7. The first-order chi connectivity index (χ1) is 15.3. The standard InChI is InChI=1S/C20H22F3NO8S/c21-20(22,23)33(29,30)32-13-4-1-10(2-5-13)7-12-8-11(3-6-14(12)24)19-18(28)17(27)16(26)15(9-25)31-19/h1-6,8,15-19,25-28H,7,9,24H2/t15-,16-,17+,18-,19+/m1/s1. The highest BCUT2D eigenvalue weighted by Crippen LogP contribution is 2.34. The molecule has 0 saturated carbocycles. The molecule has 1 aliphatic rings. The molecule has 0 radical (unpaired) electrons. The third-order valence-corrected chi connectivity index (χ3v) is 6.17. The Kier molecular flexibility index (Phi) is 7.21. The minimum atomic E-state index is -5.78. The maximum absolute atomic E-state index is 12.4. The average molecular weight is 493 g/mol. The molecule has 1 saturated heterocycles. The van der Waals surface area contributed by atoms with Crippen LogP contribution in [0.25, 0.3) is 0 Å². The summed E-state index contributed by atoms with van der Waals surface area (Å²) >= 11 is 0. The zero-order valence-electron chi connectivity index (χ0n) is 16.9. The van der Waals surface area contributed by atoms with Crippen LogP contribution in [-0.4, -0.2) is 65.4 Å². The van der Waals surface area contributed by atoms with Crippen molar-refractivity contribution in [2.24, 2.45) is 0 Å². The predicted octanol–water partition coefficient (Wildman–Crippen LogP) is 0.603. The normalized spacial score (nSPS) is 26.2. The summed E-state index contributed by atoms with van der Waals surface area (Å²) in [7, 11) is -5.78. The van der Waals surface area contributed by atoms with Gasteiger partial charge in [0.1, 0.15) is 36.3 Å². The number of alkyl halides is 3. The molecule has 9 nitrogen and oxygen atoms in total. The minimum Gasteiger partial charge on any atom is -0.398 e. The van der Waals surface area contributed by atoms with E-state index in [1.807, 2.05) is 0 Å². The molecule has 6 N–H and O–H groups in total. The monoisotopic (exact) mass is 493 g/mol. The molecule has 3 rings (SSSR count). The summed E-state index contributed by atoms with van der Waals surface area (Å²) in [6.45, 7) is -0.582. The molecule has 1 aliphatic heterocycles. The summed E-state index contributed by atoms with van der Waals surface area (Å²) in [4.78, 5) is 0. The molecule has 0 bridgehead atoms. The zero-order chi connectivity index (χ0) is 24.6. The van der Waals surface area contributed by atoms with Crippen LogP contribution >= 0.6 is 0 Å². The Balaban J connectivity index is 1.79. The van der Waals surface area contributed by atoms with E-state index >= 15 is 0 Å². The van der Waals surface area contributed by atoms with Crippen molar-refractivity contribution in [3.05, 3.63) is 59.2 Å². The molecule has 0 unspecified atom stereocenters. The SMILES string of the molecule is Nc1ccc([C@@H]2O[C@H](CO)[C@@H](O)[C@H](O)[C@H]2O)cc1Cc1ccc(OS(=O)(=O)C(F)(F)F)cc1. The molecule has 182 valence electrons. The van der Waals surface area contributed by atoms with Gasteiger partial charge in [0.25, 0.3) is 0 Å². The van der Waals surface area contributed by atoms with Crippen LogP contribution in [0.1, 0.15) is 22.8 Å². The second-order valence-electron chi connectivity index (χ2n) is 7.51. The lowest BCUT2D eigenvalue weighted by molar-refractivity contribution is -0.231. The summed E-state index contributed by atoms with van der Waals surface area (Å²) in [5.74, 6) is -0.515. The van der Waals surface area contributed by atoms with E-state index in [4.69, 9.17) is 10.5 Å². The largest absolute Gasteiger partial charge is 0.534 e. The Morgan fingerprint density at radius 2 is 1.64 bits per heavy atom. The number of halogens is 3. The van der Waals surface area contributed by atoms with Crippen molar-refractivity contribution < 1.29 is 50.9 Å². The molecule has 33 heavy (non-hydrogen) atoms. The highest BCUT2D eigenvalue weighted by atomic mass is 32.2. The molecule has 5 atom stereocenters. The number of aliphatic hydroxyl groups is 4. The molecular formula is C20H22F3NO8S. The Morgan fingerprint density at radius 1 is 1.00 bits per heavy atom. The fraction of sp³-hybridized carbons (Fsp3) is 0.400. The molecular weight excluding hydrogens is 471 g/mol. The lowest BCUT2D eigenvalue weighted by atomic mass is 9.89. The van der Waals surface area contributed by atoms with Crippen molar-refractivity contribution in [3.8, 4) is 5.75 Å². The van der Waals surface area contributed by atoms with Crippen molar-refractivity contribution in [3.63, 3.8) is 0 Å². The Labute approximate surface area is 186 Å². The summed E-state index contributed by atoms with van der Waals surface area (Å²) in [5, 5.41) is 39.6. The molecule has 2 aromatic carbocycles. The van der Waals surface area contributed by atoms with Crippen LogP contribution in [0.4, 0.5) is 18.9 Å². The van der Waals surface area contributed by atoms with Gasteiger partial charge < -0.3 is 35.1 Å². The van der Waals surface area contributed by atoms with E-state index in [1.165, 1.54) is 18.2 Å². The first kappa shape index (κ1) is 25.2. The van der Waals surface area contributed by atoms with Gasteiger partial charge in [0.05, 0.1) is 6.61 Å². The number of benzene rings is 2. The second kappa shape index (κ2) is 9.44. The van der Waals surface area contributed by atoms with Crippen LogP contribution in [0, 0.1) is 0 Å². The van der Waals surface area contributed by atoms with E-state index in [0.717, 1.165) is 12.1 Å². The van der Waals surface area contributed by atoms with Crippen LogP contribution < -0.4 is 9.92 Å². The maximum atomic E-state index is 12.4. The van der Waals surface area contributed by atoms with Gasteiger partial charge in [0.2, 0.25) is 0 Å². The van der Waals surface area contributed by atoms with E-state index in [1.54, 1.807) is 12.1 Å². The molecule has 0 aromatic heterocycles. The number of rotatable bonds is 6. The summed E-state index contributed by atoms with van der Waals surface area (Å²) < 4.78 is 69.1. The predicted molar refractivity (Wildman–Crippen MR) is 108 cm³/mol. The molecule has 0 aliphatic carbocycles. The third kappa shape index (κ3) is 5.39. The number of nitrogens with two attached hydrogens (primary N) is 1. The van der Waals surface area contributed by atoms with Crippen LogP contribution in [-0.2, 0) is 21.3 Å². The van der Waals surface area contributed by atoms with Gasteiger partial charge in [-0.1, -0.05) is 24.3 Å². The van der Waals surface area contributed by atoms with Crippen LogP contribution in [0.2, 0.25) is 0 Å². The molecule has 1 fully saturated rings. The Morgan fingerprint density at radius 3 is 2.21 bits per heavy atom. The van der Waals surface area contributed by atoms with Gasteiger partial charge in [-0.15, -0.1) is 0 Å². The van der Waals surface area contributed by atoms with Crippen LogP contribution in [0.5, 0.6) is 5.75 Å². The average Bonchev–Trinajstić information content (AvgIpc) is 2.74. The third-order valence-electron chi connectivity index (χ3n) is 5.20. The molecule has 1 heterocycles. The lowest BCUT2D eigenvalue weighted by Gasteiger charge is -2.40. The van der Waals surface area contributed by atoms with Gasteiger partial charge in [-0.3, -0.25) is 0 Å². The van der Waals surface area contributed by atoms with E-state index in [-0.39, 0.29) is 6.42 Å². The lowest BCUT2D eigenvalue weighted by Crippen LogP contribution is -2.55. The quantitative estimate of drug-likeness (QED) is 0.221. The first-order valence-corrected chi connectivity index (χ1v) is 11.0. The van der Waals surface area contributed by atoms with E-state index < -0.39 is 58.5 Å². The van der Waals surface area contributed by atoms with Crippen molar-refractivity contribution in [1.82, 2.24) is 0 Å². The second-order valence-corrected chi connectivity index (χ2v) is 9.05. The number of aliphatic hydroxyl groups excluding tert-OH is 4. The van der Waals surface area contributed by atoms with Crippen LogP contribution in [0.3, 0.4) is 0 Å². The van der Waals surface area contributed by atoms with Gasteiger partial charge in [-0.05, 0) is 41.3 Å². The van der Waals surface area contributed by atoms with E-state index in [2.05, 4.69) is 4.18 Å². The van der Waals surface area contributed by atoms with Crippen molar-refractivity contribution >= 4 is 15.8 Å². The number of hydrogen-bond acceptors (Lipinski definition) is 9. The Bertz CT molecular complexity index is 1080. The van der Waals surface area contributed by atoms with Crippen molar-refractivity contribution in [2.75, 3.05) is 12.3 Å². The number of ether oxygens (including phenoxy) is 1. The molecule has 0 spiro atoms. The molecule has 2 aromatic rings. The Hall–Kier alpha value is -2.42. The van der Waals surface area contributed by atoms with Crippen molar-refractivity contribution in [1.29, 1.82) is 0 Å². The number of hydrogen-bond donors (Lipinski definition) is 5. The highest BCUT2D eigenvalue weighted by molar-refractivity contribution is 7.88. The van der Waals surface area contributed by atoms with E-state index in [9.17, 15) is 42.0 Å². The fourth-order valence-corrected chi connectivity index (χ4v) is 3.85. The number of anilines is 1. The maximum Gasteiger partial charge on any atom is 0.534 e. The fourth-order valence-electron chi connectivity index (χ4n) is 3.39. The summed E-state index contributed by atoms with van der Waals surface area (Å²) in [6.07, 6.45) is -6.51. The van der Waals surface area contributed by atoms with Gasteiger partial charge in [-0.25, -0.2) is 0 Å². The van der Waals surface area contributed by atoms with Gasteiger partial charge >= 0.3 is 15.6 Å². The summed E-state index contributed by atoms with van der Waals surface area (Å²) in [5.41, 5.74) is 2.32. The van der Waals surface area contributed by atoms with Crippen LogP contribution in [0.15, 0.2) is 42.5 Å². The number of nitrogen functional groups attached to an aromatic ring is 1. The molecule has 13 heteroatoms.